The first-order chi connectivity index (χ1) is 7.70. The van der Waals surface area contributed by atoms with Gasteiger partial charge < -0.3 is 4.90 Å². The Balaban J connectivity index is 0.00000144. The Kier molecular flexibility index (Phi) is 5.21. The second kappa shape index (κ2) is 6.21. The van der Waals surface area contributed by atoms with Gasteiger partial charge in [-0.2, -0.15) is 0 Å². The number of benzene rings is 2. The Morgan fingerprint density at radius 1 is 0.824 bits per heavy atom. The maximum absolute atomic E-state index is 6.22. The van der Waals surface area contributed by atoms with Crippen LogP contribution < -0.4 is 4.90 Å². The summed E-state index contributed by atoms with van der Waals surface area (Å²) in [5.74, 6) is 0. The van der Waals surface area contributed by atoms with E-state index < -0.39 is 0 Å². The molecule has 1 nitrogen and oxygen atoms in total. The average molecular weight is 338 g/mol. The smallest absolute Gasteiger partial charge is 0.0485 e. The Morgan fingerprint density at radius 2 is 1.35 bits per heavy atom. The molecule has 0 amide bonds. The molecule has 0 spiro atoms. The van der Waals surface area contributed by atoms with E-state index in [0.29, 0.717) is 0 Å². The van der Waals surface area contributed by atoms with Crippen LogP contribution in [0.1, 0.15) is 0 Å². The zero-order chi connectivity index (χ0) is 11.5. The molecule has 0 aliphatic rings. The monoisotopic (exact) mass is 337 g/mol. The molecule has 0 saturated carbocycles. The first-order valence-corrected chi connectivity index (χ1v) is 5.59. The van der Waals surface area contributed by atoms with Crippen LogP contribution in [0.25, 0.3) is 11.1 Å². The van der Waals surface area contributed by atoms with Gasteiger partial charge in [0, 0.05) is 56.4 Å². The molecule has 17 heavy (non-hydrogen) atoms. The van der Waals surface area contributed by atoms with Crippen molar-refractivity contribution >= 4 is 17.3 Å². The van der Waals surface area contributed by atoms with E-state index in [2.05, 4.69) is 17.0 Å². The molecule has 0 aromatic heterocycles. The van der Waals surface area contributed by atoms with Crippen LogP contribution in [0.4, 0.5) is 5.69 Å². The minimum absolute atomic E-state index is 0. The molecule has 92 valence electrons. The van der Waals surface area contributed by atoms with Crippen molar-refractivity contribution < 1.29 is 20.4 Å². The van der Waals surface area contributed by atoms with Crippen LogP contribution in [0.15, 0.2) is 48.5 Å². The Morgan fingerprint density at radius 3 is 1.94 bits per heavy atom. The molecule has 2 rings (SSSR count). The summed E-state index contributed by atoms with van der Waals surface area (Å²) in [7, 11) is 4.07. The quantitative estimate of drug-likeness (QED) is 0.746. The second-order valence-corrected chi connectivity index (χ2v) is 4.30. The average Bonchev–Trinajstić information content (AvgIpc) is 2.29. The minimum Gasteiger partial charge on any atom is -0.377 e. The van der Waals surface area contributed by atoms with E-state index in [-0.39, 0.29) is 20.4 Å². The summed E-state index contributed by atoms with van der Waals surface area (Å²) in [5, 5.41) is 0.789. The van der Waals surface area contributed by atoms with Gasteiger partial charge in [-0.25, -0.2) is 0 Å². The Hall–Kier alpha value is -0.808. The van der Waals surface area contributed by atoms with Crippen molar-refractivity contribution in [1.29, 1.82) is 0 Å². The van der Waals surface area contributed by atoms with E-state index in [0.717, 1.165) is 16.1 Å². The SMILES string of the molecule is CN(C)c1ccccc1-c1ccccc1Cl.[Pd]. The number of nitrogens with zero attached hydrogens (tertiary/aromatic N) is 1. The molecule has 0 fully saturated rings. The topological polar surface area (TPSA) is 3.24 Å². The molecule has 3 heteroatoms. The number of hydrogen-bond donors (Lipinski definition) is 0. The van der Waals surface area contributed by atoms with Gasteiger partial charge in [-0.15, -0.1) is 0 Å². The number of rotatable bonds is 2. The van der Waals surface area contributed by atoms with E-state index in [1.165, 1.54) is 5.69 Å². The van der Waals surface area contributed by atoms with E-state index in [4.69, 9.17) is 11.6 Å². The van der Waals surface area contributed by atoms with Crippen molar-refractivity contribution in [3.8, 4) is 11.1 Å². The number of para-hydroxylation sites is 1. The molecule has 0 radical (unpaired) electrons. The molecule has 0 bridgehead atoms. The van der Waals surface area contributed by atoms with Crippen molar-refractivity contribution in [3.63, 3.8) is 0 Å². The third-order valence-corrected chi connectivity index (χ3v) is 2.88. The largest absolute Gasteiger partial charge is 0.377 e. The Labute approximate surface area is 121 Å². The molecule has 0 N–H and O–H groups in total. The summed E-state index contributed by atoms with van der Waals surface area (Å²) in [6, 6.07) is 16.2. The third kappa shape index (κ3) is 3.10. The number of anilines is 1. The standard InChI is InChI=1S/C14H14ClN.Pd/c1-16(2)14-10-6-4-8-12(14)11-7-3-5-9-13(11)15;/h3-10H,1-2H3;. The molecule has 0 saturated heterocycles. The molecule has 0 heterocycles. The molecular formula is C14H14ClNPd. The van der Waals surface area contributed by atoms with Crippen molar-refractivity contribution in [3.05, 3.63) is 53.6 Å². The summed E-state index contributed by atoms with van der Waals surface area (Å²) in [5.41, 5.74) is 3.42. The van der Waals surface area contributed by atoms with E-state index in [1.807, 2.05) is 50.5 Å². The fourth-order valence-electron chi connectivity index (χ4n) is 1.77. The summed E-state index contributed by atoms with van der Waals surface area (Å²) in [6.45, 7) is 0. The maximum Gasteiger partial charge on any atom is 0.0485 e. The van der Waals surface area contributed by atoms with Crippen LogP contribution in [0.2, 0.25) is 5.02 Å². The van der Waals surface area contributed by atoms with Gasteiger partial charge in [-0.3, -0.25) is 0 Å². The summed E-state index contributed by atoms with van der Waals surface area (Å²) >= 11 is 6.22. The van der Waals surface area contributed by atoms with Crippen molar-refractivity contribution in [2.75, 3.05) is 19.0 Å². The van der Waals surface area contributed by atoms with Gasteiger partial charge in [-0.1, -0.05) is 48.0 Å². The molecule has 2 aromatic rings. The molecule has 2 aromatic carbocycles. The molecule has 0 aliphatic carbocycles. The van der Waals surface area contributed by atoms with Crippen LogP contribution in [-0.2, 0) is 20.4 Å². The normalized spacial score (nSPS) is 9.59. The fourth-order valence-corrected chi connectivity index (χ4v) is 2.01. The zero-order valence-corrected chi connectivity index (χ0v) is 12.1. The summed E-state index contributed by atoms with van der Waals surface area (Å²) < 4.78 is 0. The van der Waals surface area contributed by atoms with Crippen molar-refractivity contribution in [1.82, 2.24) is 0 Å². The van der Waals surface area contributed by atoms with E-state index >= 15 is 0 Å². The van der Waals surface area contributed by atoms with E-state index in [9.17, 15) is 0 Å². The van der Waals surface area contributed by atoms with Crippen LogP contribution in [-0.4, -0.2) is 14.1 Å². The molecule has 0 aliphatic heterocycles. The number of halogens is 1. The fraction of sp³-hybridized carbons (Fsp3) is 0.143. The van der Waals surface area contributed by atoms with Gasteiger partial charge in [0.15, 0.2) is 0 Å². The van der Waals surface area contributed by atoms with E-state index in [1.54, 1.807) is 0 Å². The first kappa shape index (κ1) is 14.3. The zero-order valence-electron chi connectivity index (χ0n) is 9.76. The molecule has 0 atom stereocenters. The van der Waals surface area contributed by atoms with Crippen molar-refractivity contribution in [2.24, 2.45) is 0 Å². The predicted octanol–water partition coefficient (Wildman–Crippen LogP) is 4.07. The summed E-state index contributed by atoms with van der Waals surface area (Å²) in [4.78, 5) is 2.10. The van der Waals surface area contributed by atoms with Crippen molar-refractivity contribution in [2.45, 2.75) is 0 Å². The van der Waals surface area contributed by atoms with Crippen LogP contribution in [0.5, 0.6) is 0 Å². The maximum atomic E-state index is 6.22. The van der Waals surface area contributed by atoms with Crippen LogP contribution in [0.3, 0.4) is 0 Å². The van der Waals surface area contributed by atoms with Gasteiger partial charge in [0.2, 0.25) is 0 Å². The minimum atomic E-state index is 0. The summed E-state index contributed by atoms with van der Waals surface area (Å²) in [6.07, 6.45) is 0. The van der Waals surface area contributed by atoms with Gasteiger partial charge in [0.25, 0.3) is 0 Å². The van der Waals surface area contributed by atoms with Crippen LogP contribution >= 0.6 is 11.6 Å². The van der Waals surface area contributed by atoms with Gasteiger partial charge in [0.1, 0.15) is 0 Å². The van der Waals surface area contributed by atoms with Gasteiger partial charge in [0.05, 0.1) is 0 Å². The van der Waals surface area contributed by atoms with Crippen LogP contribution in [0, 0.1) is 0 Å². The number of hydrogen-bond acceptors (Lipinski definition) is 1. The first-order valence-electron chi connectivity index (χ1n) is 5.21. The van der Waals surface area contributed by atoms with Gasteiger partial charge in [-0.05, 0) is 12.1 Å². The molecule has 0 unspecified atom stereocenters. The second-order valence-electron chi connectivity index (χ2n) is 3.89. The Bertz CT molecular complexity index is 497. The third-order valence-electron chi connectivity index (χ3n) is 2.55. The predicted molar refractivity (Wildman–Crippen MR) is 71.2 cm³/mol. The molecular weight excluding hydrogens is 324 g/mol. The van der Waals surface area contributed by atoms with Gasteiger partial charge >= 0.3 is 0 Å².